The van der Waals surface area contributed by atoms with Crippen molar-refractivity contribution in [1.29, 1.82) is 0 Å². The summed E-state index contributed by atoms with van der Waals surface area (Å²) in [6.07, 6.45) is 3.50. The van der Waals surface area contributed by atoms with Crippen LogP contribution in [0.3, 0.4) is 0 Å². The van der Waals surface area contributed by atoms with E-state index in [-0.39, 0.29) is 5.56 Å². The third-order valence-corrected chi connectivity index (χ3v) is 2.99. The number of nitrogens with zero attached hydrogens (tertiary/aromatic N) is 4. The van der Waals surface area contributed by atoms with Crippen molar-refractivity contribution in [2.75, 3.05) is 0 Å². The normalized spacial score (nSPS) is 10.7. The lowest BCUT2D eigenvalue weighted by atomic mass is 10.4. The summed E-state index contributed by atoms with van der Waals surface area (Å²) < 4.78 is 4.53. The molecular weight excluding hydrogens is 340 g/mol. The van der Waals surface area contributed by atoms with Crippen LogP contribution in [0.5, 0.6) is 0 Å². The zero-order valence-electron chi connectivity index (χ0n) is 8.39. The Morgan fingerprint density at radius 1 is 1.38 bits per heavy atom. The highest BCUT2D eigenvalue weighted by molar-refractivity contribution is 9.11. The molecule has 0 radical (unpaired) electrons. The lowest BCUT2D eigenvalue weighted by molar-refractivity contribution is 0.704. The van der Waals surface area contributed by atoms with Crippen molar-refractivity contribution in [2.24, 2.45) is 7.05 Å². The van der Waals surface area contributed by atoms with Crippen LogP contribution in [0.1, 0.15) is 5.69 Å². The van der Waals surface area contributed by atoms with Gasteiger partial charge in [0.2, 0.25) is 0 Å². The van der Waals surface area contributed by atoms with E-state index in [1.807, 2.05) is 0 Å². The van der Waals surface area contributed by atoms with E-state index in [1.165, 1.54) is 0 Å². The molecule has 2 aromatic rings. The van der Waals surface area contributed by atoms with Gasteiger partial charge >= 0.3 is 0 Å². The number of halogens is 2. The van der Waals surface area contributed by atoms with Crippen molar-refractivity contribution in [3.8, 4) is 0 Å². The smallest absolute Gasteiger partial charge is 0.265 e. The summed E-state index contributed by atoms with van der Waals surface area (Å²) in [5.74, 6) is 0. The molecule has 2 aromatic heterocycles. The van der Waals surface area contributed by atoms with Crippen LogP contribution in [-0.4, -0.2) is 19.6 Å². The monoisotopic (exact) mass is 346 g/mol. The minimum absolute atomic E-state index is 0.0890. The third-order valence-electron chi connectivity index (χ3n) is 1.99. The second-order valence-electron chi connectivity index (χ2n) is 3.32. The summed E-state index contributed by atoms with van der Waals surface area (Å²) in [6, 6.07) is 1.72. The molecule has 0 aliphatic heterocycles. The lowest BCUT2D eigenvalue weighted by Crippen LogP contribution is -2.20. The van der Waals surface area contributed by atoms with Crippen LogP contribution in [-0.2, 0) is 13.6 Å². The number of aryl methyl sites for hydroxylation is 1. The van der Waals surface area contributed by atoms with Crippen molar-refractivity contribution in [3.05, 3.63) is 43.5 Å². The van der Waals surface area contributed by atoms with Gasteiger partial charge in [-0.05, 0) is 37.9 Å². The van der Waals surface area contributed by atoms with Crippen LogP contribution < -0.4 is 5.56 Å². The predicted octanol–water partition coefficient (Wildman–Crippen LogP) is 1.55. The molecule has 16 heavy (non-hydrogen) atoms. The van der Waals surface area contributed by atoms with Crippen LogP contribution >= 0.6 is 31.9 Å². The maximum absolute atomic E-state index is 11.8. The van der Waals surface area contributed by atoms with E-state index < -0.39 is 0 Å². The van der Waals surface area contributed by atoms with Crippen LogP contribution in [0, 0.1) is 0 Å². The van der Waals surface area contributed by atoms with Gasteiger partial charge in [0.25, 0.3) is 5.56 Å². The van der Waals surface area contributed by atoms with Crippen molar-refractivity contribution < 1.29 is 0 Å². The summed E-state index contributed by atoms with van der Waals surface area (Å²) in [6.45, 7) is 0.407. The van der Waals surface area contributed by atoms with Gasteiger partial charge in [-0.1, -0.05) is 5.21 Å². The fourth-order valence-electron chi connectivity index (χ4n) is 1.32. The molecule has 0 saturated carbocycles. The maximum Gasteiger partial charge on any atom is 0.265 e. The molecule has 0 bridgehead atoms. The Hall–Kier alpha value is -0.950. The Kier molecular flexibility index (Phi) is 3.25. The third kappa shape index (κ3) is 2.41. The molecule has 0 aromatic carbocycles. The molecule has 0 aliphatic carbocycles. The highest BCUT2D eigenvalue weighted by Gasteiger charge is 2.05. The lowest BCUT2D eigenvalue weighted by Gasteiger charge is -2.04. The van der Waals surface area contributed by atoms with E-state index in [0.717, 1.165) is 10.2 Å². The van der Waals surface area contributed by atoms with E-state index >= 15 is 0 Å². The van der Waals surface area contributed by atoms with Gasteiger partial charge in [0.15, 0.2) is 0 Å². The number of rotatable bonds is 2. The molecule has 7 heteroatoms. The summed E-state index contributed by atoms with van der Waals surface area (Å²) in [5.41, 5.74) is 0.656. The first-order valence-electron chi connectivity index (χ1n) is 4.47. The molecule has 0 fully saturated rings. The summed E-state index contributed by atoms with van der Waals surface area (Å²) in [7, 11) is 1.79. The quantitative estimate of drug-likeness (QED) is 0.828. The van der Waals surface area contributed by atoms with Gasteiger partial charge in [-0.15, -0.1) is 5.10 Å². The predicted molar refractivity (Wildman–Crippen MR) is 66.2 cm³/mol. The van der Waals surface area contributed by atoms with Gasteiger partial charge in [0.1, 0.15) is 5.69 Å². The summed E-state index contributed by atoms with van der Waals surface area (Å²) >= 11 is 6.55. The SMILES string of the molecule is Cn1cc(Cn2cc(Br)cc(Br)c2=O)nn1. The average Bonchev–Trinajstić information content (AvgIpc) is 2.60. The highest BCUT2D eigenvalue weighted by Crippen LogP contribution is 2.13. The van der Waals surface area contributed by atoms with Crippen molar-refractivity contribution in [2.45, 2.75) is 6.54 Å². The minimum Gasteiger partial charge on any atom is -0.307 e. The first-order valence-corrected chi connectivity index (χ1v) is 6.05. The van der Waals surface area contributed by atoms with Gasteiger partial charge < -0.3 is 4.57 Å². The van der Waals surface area contributed by atoms with E-state index in [2.05, 4.69) is 42.2 Å². The fraction of sp³-hybridized carbons (Fsp3) is 0.222. The zero-order chi connectivity index (χ0) is 11.7. The number of aromatic nitrogens is 4. The average molecular weight is 348 g/mol. The molecule has 0 aliphatic rings. The maximum atomic E-state index is 11.8. The zero-order valence-corrected chi connectivity index (χ0v) is 11.6. The molecule has 0 unspecified atom stereocenters. The number of pyridine rings is 1. The second-order valence-corrected chi connectivity index (χ2v) is 5.09. The Balaban J connectivity index is 2.38. The van der Waals surface area contributed by atoms with Gasteiger partial charge in [-0.25, -0.2) is 0 Å². The largest absolute Gasteiger partial charge is 0.307 e. The van der Waals surface area contributed by atoms with Crippen LogP contribution in [0.4, 0.5) is 0 Å². The Bertz CT molecular complexity index is 575. The Morgan fingerprint density at radius 3 is 2.75 bits per heavy atom. The van der Waals surface area contributed by atoms with Crippen molar-refractivity contribution >= 4 is 31.9 Å². The van der Waals surface area contributed by atoms with Gasteiger partial charge in [-0.2, -0.15) is 0 Å². The van der Waals surface area contributed by atoms with E-state index in [4.69, 9.17) is 0 Å². The Morgan fingerprint density at radius 2 is 2.12 bits per heavy atom. The van der Waals surface area contributed by atoms with E-state index in [9.17, 15) is 4.79 Å². The summed E-state index contributed by atoms with van der Waals surface area (Å²) in [5, 5.41) is 7.75. The first-order chi connectivity index (χ1) is 7.56. The molecule has 0 atom stereocenters. The van der Waals surface area contributed by atoms with Crippen LogP contribution in [0.2, 0.25) is 0 Å². The number of hydrogen-bond donors (Lipinski definition) is 0. The fourth-order valence-corrected chi connectivity index (χ4v) is 2.58. The van der Waals surface area contributed by atoms with Crippen molar-refractivity contribution in [1.82, 2.24) is 19.6 Å². The highest BCUT2D eigenvalue weighted by atomic mass is 79.9. The standard InChI is InChI=1S/C9H8Br2N4O/c1-14-4-7(12-13-14)5-15-3-6(10)2-8(11)9(15)16/h2-4H,5H2,1H3. The van der Waals surface area contributed by atoms with Gasteiger partial charge in [0.05, 0.1) is 11.0 Å². The van der Waals surface area contributed by atoms with Crippen molar-refractivity contribution in [3.63, 3.8) is 0 Å². The first kappa shape index (κ1) is 11.5. The van der Waals surface area contributed by atoms with Crippen LogP contribution in [0.25, 0.3) is 0 Å². The topological polar surface area (TPSA) is 52.7 Å². The van der Waals surface area contributed by atoms with E-state index in [0.29, 0.717) is 11.0 Å². The van der Waals surface area contributed by atoms with Gasteiger partial charge in [-0.3, -0.25) is 9.48 Å². The molecule has 0 amide bonds. The second kappa shape index (κ2) is 4.50. The molecule has 0 N–H and O–H groups in total. The molecular formula is C9H8Br2N4O. The summed E-state index contributed by atoms with van der Waals surface area (Å²) in [4.78, 5) is 11.8. The Labute approximate surface area is 108 Å². The van der Waals surface area contributed by atoms with E-state index in [1.54, 1.807) is 34.8 Å². The minimum atomic E-state index is -0.0890. The molecule has 2 rings (SSSR count). The molecule has 0 spiro atoms. The molecule has 0 saturated heterocycles. The molecule has 84 valence electrons. The molecule has 2 heterocycles. The van der Waals surface area contributed by atoms with Gasteiger partial charge in [0, 0.05) is 23.9 Å². The molecule has 5 nitrogen and oxygen atoms in total. The number of hydrogen-bond acceptors (Lipinski definition) is 3. The van der Waals surface area contributed by atoms with Crippen LogP contribution in [0.15, 0.2) is 32.2 Å².